The highest BCUT2D eigenvalue weighted by Crippen LogP contribution is 2.21. The highest BCUT2D eigenvalue weighted by atomic mass is 32.2. The van der Waals surface area contributed by atoms with Crippen molar-refractivity contribution in [2.75, 3.05) is 27.2 Å². The number of hydrogen-bond acceptors (Lipinski definition) is 6. The Balaban J connectivity index is 1.44. The average Bonchev–Trinajstić information content (AvgIpc) is 3.27. The molecule has 1 amide bonds. The Morgan fingerprint density at radius 1 is 1.03 bits per heavy atom. The van der Waals surface area contributed by atoms with Crippen LogP contribution >= 0.6 is 0 Å². The molecule has 0 aliphatic heterocycles. The fourth-order valence-corrected chi connectivity index (χ4v) is 4.48. The smallest absolute Gasteiger partial charge is 0.253 e. The zero-order valence-corrected chi connectivity index (χ0v) is 20.1. The number of halogens is 1. The third kappa shape index (κ3) is 5.70. The van der Waals surface area contributed by atoms with E-state index in [0.29, 0.717) is 35.2 Å². The molecule has 4 aromatic rings. The van der Waals surface area contributed by atoms with Crippen molar-refractivity contribution in [3.8, 4) is 5.69 Å². The van der Waals surface area contributed by atoms with Crippen LogP contribution in [0.2, 0.25) is 0 Å². The summed E-state index contributed by atoms with van der Waals surface area (Å²) < 4.78 is 42.2. The molecule has 2 N–H and O–H groups in total. The van der Waals surface area contributed by atoms with E-state index < -0.39 is 10.0 Å². The van der Waals surface area contributed by atoms with Crippen molar-refractivity contribution in [3.05, 3.63) is 84.1 Å². The number of sulfonamides is 1. The minimum atomic E-state index is -3.60. The summed E-state index contributed by atoms with van der Waals surface area (Å²) in [5, 5.41) is 7.77. The molecule has 0 saturated heterocycles. The molecule has 2 aromatic heterocycles. The first-order chi connectivity index (χ1) is 16.7. The molecule has 0 atom stereocenters. The number of fused-ring (bicyclic) bond motifs is 1. The van der Waals surface area contributed by atoms with E-state index in [1.54, 1.807) is 41.3 Å². The van der Waals surface area contributed by atoms with Crippen LogP contribution in [0, 0.1) is 5.82 Å². The molecule has 182 valence electrons. The second kappa shape index (κ2) is 10.3. The molecule has 0 bridgehead atoms. The van der Waals surface area contributed by atoms with E-state index in [0.717, 1.165) is 5.56 Å². The van der Waals surface area contributed by atoms with Crippen molar-refractivity contribution in [1.29, 1.82) is 0 Å². The van der Waals surface area contributed by atoms with Crippen LogP contribution < -0.4 is 10.0 Å². The molecular weight excluding hydrogens is 471 g/mol. The first-order valence-corrected chi connectivity index (χ1v) is 12.3. The van der Waals surface area contributed by atoms with E-state index in [9.17, 15) is 17.6 Å². The van der Waals surface area contributed by atoms with Crippen LogP contribution in [0.25, 0.3) is 16.6 Å². The minimum absolute atomic E-state index is 0.161. The Labute approximate surface area is 202 Å². The number of rotatable bonds is 9. The van der Waals surface area contributed by atoms with Gasteiger partial charge in [-0.2, -0.15) is 5.10 Å². The first-order valence-electron chi connectivity index (χ1n) is 10.8. The van der Waals surface area contributed by atoms with Crippen molar-refractivity contribution < 1.29 is 17.6 Å². The van der Waals surface area contributed by atoms with Gasteiger partial charge in [0.2, 0.25) is 10.0 Å². The van der Waals surface area contributed by atoms with Crippen LogP contribution in [0.4, 0.5) is 4.39 Å². The third-order valence-electron chi connectivity index (χ3n) is 5.35. The van der Waals surface area contributed by atoms with Crippen molar-refractivity contribution in [2.45, 2.75) is 11.4 Å². The summed E-state index contributed by atoms with van der Waals surface area (Å²) in [5.41, 5.74) is 2.35. The maximum atomic E-state index is 13.3. The summed E-state index contributed by atoms with van der Waals surface area (Å²) in [4.78, 5) is 19.1. The number of likely N-dealkylation sites (N-methyl/N-ethyl adjacent to an activating group) is 1. The van der Waals surface area contributed by atoms with E-state index in [2.05, 4.69) is 20.1 Å². The second-order valence-corrected chi connectivity index (χ2v) is 9.95. The van der Waals surface area contributed by atoms with Gasteiger partial charge >= 0.3 is 0 Å². The zero-order valence-electron chi connectivity index (χ0n) is 19.3. The molecule has 0 radical (unpaired) electrons. The Hall–Kier alpha value is -3.67. The Morgan fingerprint density at radius 2 is 1.74 bits per heavy atom. The van der Waals surface area contributed by atoms with Gasteiger partial charge in [-0.05, 0) is 56.1 Å². The number of carbonyl (C=O) groups is 1. The summed E-state index contributed by atoms with van der Waals surface area (Å²) >= 11 is 0. The zero-order chi connectivity index (χ0) is 25.0. The van der Waals surface area contributed by atoms with Gasteiger partial charge in [0.15, 0.2) is 0 Å². The molecule has 0 saturated carbocycles. The minimum Gasteiger partial charge on any atom is -0.348 e. The van der Waals surface area contributed by atoms with Gasteiger partial charge in [0.25, 0.3) is 5.91 Å². The van der Waals surface area contributed by atoms with Crippen molar-refractivity contribution in [1.82, 2.24) is 29.7 Å². The van der Waals surface area contributed by atoms with Gasteiger partial charge in [-0.3, -0.25) is 9.78 Å². The predicted molar refractivity (Wildman–Crippen MR) is 130 cm³/mol. The van der Waals surface area contributed by atoms with Crippen LogP contribution in [0.3, 0.4) is 0 Å². The quantitative estimate of drug-likeness (QED) is 0.368. The summed E-state index contributed by atoms with van der Waals surface area (Å²) in [5.74, 6) is -0.696. The maximum Gasteiger partial charge on any atom is 0.253 e. The first kappa shape index (κ1) is 24.5. The van der Waals surface area contributed by atoms with Gasteiger partial charge in [0.05, 0.1) is 34.1 Å². The molecule has 0 spiro atoms. The summed E-state index contributed by atoms with van der Waals surface area (Å²) in [6, 6.07) is 12.2. The van der Waals surface area contributed by atoms with Crippen LogP contribution in [0.15, 0.2) is 72.0 Å². The molecule has 2 heterocycles. The number of benzene rings is 2. The van der Waals surface area contributed by atoms with Gasteiger partial charge in [0, 0.05) is 31.2 Å². The van der Waals surface area contributed by atoms with Crippen LogP contribution in [-0.4, -0.2) is 61.2 Å². The Morgan fingerprint density at radius 3 is 2.43 bits per heavy atom. The molecule has 4 rings (SSSR count). The summed E-state index contributed by atoms with van der Waals surface area (Å²) in [7, 11) is 0.137. The lowest BCUT2D eigenvalue weighted by atomic mass is 10.1. The number of nitrogens with zero attached hydrogens (tertiary/aromatic N) is 4. The third-order valence-corrected chi connectivity index (χ3v) is 6.83. The van der Waals surface area contributed by atoms with E-state index in [4.69, 9.17) is 0 Å². The summed E-state index contributed by atoms with van der Waals surface area (Å²) in [6.45, 7) is 1.11. The normalized spacial score (nSPS) is 11.8. The van der Waals surface area contributed by atoms with E-state index in [1.807, 2.05) is 19.0 Å². The van der Waals surface area contributed by atoms with Crippen molar-refractivity contribution >= 4 is 26.8 Å². The molecule has 0 fully saturated rings. The highest BCUT2D eigenvalue weighted by Gasteiger charge is 2.16. The molecule has 0 aliphatic carbocycles. The number of pyridine rings is 1. The standard InChI is InChI=1S/C24H25FN6O3S/c1-30(2)12-11-29-35(33,34)20-9-3-17(4-10-20)13-27-24(32)22-14-26-16-23-21(22)15-28-31(23)19-7-5-18(25)6-8-19/h3-10,14-16,29H,11-13H2,1-2H3,(H,27,32). The second-order valence-electron chi connectivity index (χ2n) is 8.18. The van der Waals surface area contributed by atoms with Gasteiger partial charge < -0.3 is 10.2 Å². The molecule has 0 unspecified atom stereocenters. The van der Waals surface area contributed by atoms with E-state index >= 15 is 0 Å². The molecule has 2 aromatic carbocycles. The van der Waals surface area contributed by atoms with Gasteiger partial charge in [0.1, 0.15) is 5.82 Å². The number of aromatic nitrogens is 3. The largest absolute Gasteiger partial charge is 0.348 e. The van der Waals surface area contributed by atoms with Gasteiger partial charge in [-0.15, -0.1) is 0 Å². The maximum absolute atomic E-state index is 13.3. The Bertz CT molecular complexity index is 1430. The number of carbonyl (C=O) groups excluding carboxylic acids is 1. The van der Waals surface area contributed by atoms with E-state index in [1.165, 1.54) is 30.5 Å². The molecule has 9 nitrogen and oxygen atoms in total. The number of nitrogens with one attached hydrogen (secondary N) is 2. The lowest BCUT2D eigenvalue weighted by Gasteiger charge is -2.11. The molecule has 35 heavy (non-hydrogen) atoms. The van der Waals surface area contributed by atoms with E-state index in [-0.39, 0.29) is 23.2 Å². The fraction of sp³-hybridized carbons (Fsp3) is 0.208. The predicted octanol–water partition coefficient (Wildman–Crippen LogP) is 2.33. The molecular formula is C24H25FN6O3S. The van der Waals surface area contributed by atoms with Crippen LogP contribution in [-0.2, 0) is 16.6 Å². The monoisotopic (exact) mass is 496 g/mol. The number of amides is 1. The highest BCUT2D eigenvalue weighted by molar-refractivity contribution is 7.89. The van der Waals surface area contributed by atoms with Crippen molar-refractivity contribution in [2.24, 2.45) is 0 Å². The SMILES string of the molecule is CN(C)CCNS(=O)(=O)c1ccc(CNC(=O)c2cncc3c2cnn3-c2ccc(F)cc2)cc1. The lowest BCUT2D eigenvalue weighted by molar-refractivity contribution is 0.0952. The summed E-state index contributed by atoms with van der Waals surface area (Å²) in [6.07, 6.45) is 4.62. The Kier molecular flexibility index (Phi) is 7.20. The van der Waals surface area contributed by atoms with Crippen LogP contribution in [0.5, 0.6) is 0 Å². The average molecular weight is 497 g/mol. The van der Waals surface area contributed by atoms with Crippen LogP contribution in [0.1, 0.15) is 15.9 Å². The topological polar surface area (TPSA) is 109 Å². The fourth-order valence-electron chi connectivity index (χ4n) is 3.46. The number of hydrogen-bond donors (Lipinski definition) is 2. The lowest BCUT2D eigenvalue weighted by Crippen LogP contribution is -2.31. The van der Waals surface area contributed by atoms with Gasteiger partial charge in [-0.25, -0.2) is 22.2 Å². The molecule has 0 aliphatic rings. The van der Waals surface area contributed by atoms with Crippen molar-refractivity contribution in [3.63, 3.8) is 0 Å². The molecule has 11 heteroatoms. The van der Waals surface area contributed by atoms with Gasteiger partial charge in [-0.1, -0.05) is 12.1 Å².